The zero-order valence-corrected chi connectivity index (χ0v) is 9.42. The van der Waals surface area contributed by atoms with Gasteiger partial charge in [-0.3, -0.25) is 0 Å². The summed E-state index contributed by atoms with van der Waals surface area (Å²) >= 11 is 11.9. The van der Waals surface area contributed by atoms with Gasteiger partial charge < -0.3 is 9.47 Å². The lowest BCUT2D eigenvalue weighted by atomic mass is 10.2. The van der Waals surface area contributed by atoms with Crippen molar-refractivity contribution in [2.75, 3.05) is 0 Å². The minimum Gasteiger partial charge on any atom is -0.459 e. The molecule has 0 spiro atoms. The largest absolute Gasteiger partial charge is 0.459 e. The van der Waals surface area contributed by atoms with Crippen LogP contribution in [-0.2, 0) is 15.9 Å². The van der Waals surface area contributed by atoms with Crippen molar-refractivity contribution in [2.24, 2.45) is 0 Å². The minimum absolute atomic E-state index is 0.339. The van der Waals surface area contributed by atoms with Gasteiger partial charge in [0.1, 0.15) is 28.7 Å². The molecular formula is C9H8Cl2N2O2. The maximum atomic E-state index is 5.95. The number of rotatable bonds is 2. The maximum absolute atomic E-state index is 5.95. The molecule has 0 radical (unpaired) electrons. The van der Waals surface area contributed by atoms with Crippen molar-refractivity contribution in [1.82, 2.24) is 9.97 Å². The number of nitrogens with zero attached hydrogens (tertiary/aromatic N) is 2. The van der Waals surface area contributed by atoms with Crippen molar-refractivity contribution in [3.63, 3.8) is 0 Å². The summed E-state index contributed by atoms with van der Waals surface area (Å²) in [4.78, 5) is 8.03. The molecule has 1 aromatic rings. The molecule has 0 aromatic carbocycles. The Morgan fingerprint density at radius 3 is 2.27 bits per heavy atom. The molecule has 1 aliphatic rings. The quantitative estimate of drug-likeness (QED) is 0.753. The Morgan fingerprint density at radius 1 is 1.20 bits per heavy atom. The van der Waals surface area contributed by atoms with Gasteiger partial charge >= 0.3 is 0 Å². The van der Waals surface area contributed by atoms with Gasteiger partial charge in [0, 0.05) is 5.56 Å². The third kappa shape index (κ3) is 2.33. The van der Waals surface area contributed by atoms with Gasteiger partial charge in [-0.05, 0) is 6.92 Å². The Balaban J connectivity index is 2.20. The van der Waals surface area contributed by atoms with Crippen molar-refractivity contribution < 1.29 is 9.47 Å². The second-order valence-corrected chi connectivity index (χ2v) is 3.73. The van der Waals surface area contributed by atoms with Crippen molar-refractivity contribution in [2.45, 2.75) is 19.6 Å². The van der Waals surface area contributed by atoms with E-state index in [4.69, 9.17) is 32.7 Å². The number of halogens is 2. The van der Waals surface area contributed by atoms with Crippen LogP contribution in [0, 0.1) is 6.92 Å². The van der Waals surface area contributed by atoms with Gasteiger partial charge in [0.15, 0.2) is 0 Å². The van der Waals surface area contributed by atoms with E-state index in [1.165, 1.54) is 12.5 Å². The Hall–Kier alpha value is -1.000. The van der Waals surface area contributed by atoms with Crippen molar-refractivity contribution in [1.29, 1.82) is 0 Å². The molecule has 15 heavy (non-hydrogen) atoms. The summed E-state index contributed by atoms with van der Waals surface area (Å²) in [5.41, 5.74) is 0.637. The molecule has 6 heteroatoms. The first-order chi connectivity index (χ1) is 7.16. The van der Waals surface area contributed by atoms with Crippen molar-refractivity contribution in [3.8, 4) is 0 Å². The summed E-state index contributed by atoms with van der Waals surface area (Å²) in [6, 6.07) is 0. The van der Waals surface area contributed by atoms with E-state index < -0.39 is 6.29 Å². The average Bonchev–Trinajstić information content (AvgIpc) is 2.63. The van der Waals surface area contributed by atoms with Crippen LogP contribution in [0.4, 0.5) is 0 Å². The molecule has 80 valence electrons. The minimum atomic E-state index is -0.397. The summed E-state index contributed by atoms with van der Waals surface area (Å²) in [6.45, 7) is 1.73. The fourth-order valence-corrected chi connectivity index (χ4v) is 1.86. The Bertz CT molecular complexity index is 378. The molecule has 0 amide bonds. The first-order valence-corrected chi connectivity index (χ1v) is 5.07. The summed E-state index contributed by atoms with van der Waals surface area (Å²) in [5.74, 6) is 0.542. The highest BCUT2D eigenvalue weighted by Crippen LogP contribution is 2.24. The first kappa shape index (κ1) is 10.5. The highest BCUT2D eigenvalue weighted by molar-refractivity contribution is 6.34. The van der Waals surface area contributed by atoms with E-state index in [1.807, 2.05) is 0 Å². The molecule has 0 aliphatic carbocycles. The van der Waals surface area contributed by atoms with Crippen LogP contribution < -0.4 is 0 Å². The van der Waals surface area contributed by atoms with Crippen molar-refractivity contribution in [3.05, 3.63) is 34.2 Å². The Labute approximate surface area is 96.8 Å². The number of aromatic nitrogens is 2. The number of hydrogen-bond donors (Lipinski definition) is 0. The number of ether oxygens (including phenoxy) is 2. The number of hydrogen-bond acceptors (Lipinski definition) is 4. The molecule has 0 bridgehead atoms. The summed E-state index contributed by atoms with van der Waals surface area (Å²) in [7, 11) is 0. The Kier molecular flexibility index (Phi) is 2.98. The SMILES string of the molecule is Cc1nc(Cl)c(CC2OC=CO2)c(Cl)n1. The summed E-state index contributed by atoms with van der Waals surface area (Å²) in [6.07, 6.45) is 2.97. The van der Waals surface area contributed by atoms with Gasteiger partial charge in [-0.15, -0.1) is 0 Å². The third-order valence-corrected chi connectivity index (χ3v) is 2.53. The average molecular weight is 247 g/mol. The van der Waals surface area contributed by atoms with Crippen LogP contribution in [0.1, 0.15) is 11.4 Å². The van der Waals surface area contributed by atoms with E-state index in [1.54, 1.807) is 6.92 Å². The molecule has 0 saturated heterocycles. The van der Waals surface area contributed by atoms with E-state index in [0.717, 1.165) is 0 Å². The van der Waals surface area contributed by atoms with Crippen LogP contribution in [0.25, 0.3) is 0 Å². The Morgan fingerprint density at radius 2 is 1.73 bits per heavy atom. The first-order valence-electron chi connectivity index (χ1n) is 4.31. The van der Waals surface area contributed by atoms with Crippen LogP contribution in [-0.4, -0.2) is 16.3 Å². The second-order valence-electron chi connectivity index (χ2n) is 3.01. The topological polar surface area (TPSA) is 44.2 Å². The van der Waals surface area contributed by atoms with Gasteiger partial charge in [-0.2, -0.15) is 0 Å². The van der Waals surface area contributed by atoms with Crippen LogP contribution in [0.5, 0.6) is 0 Å². The van der Waals surface area contributed by atoms with E-state index in [0.29, 0.717) is 28.1 Å². The van der Waals surface area contributed by atoms with Gasteiger partial charge in [-0.1, -0.05) is 23.2 Å². The molecule has 1 aliphatic heterocycles. The highest BCUT2D eigenvalue weighted by Gasteiger charge is 2.19. The molecule has 0 N–H and O–H groups in total. The smallest absolute Gasteiger partial charge is 0.243 e. The zero-order chi connectivity index (χ0) is 10.8. The molecular weight excluding hydrogens is 239 g/mol. The lowest BCUT2D eigenvalue weighted by Crippen LogP contribution is -2.13. The van der Waals surface area contributed by atoms with Crippen LogP contribution in [0.15, 0.2) is 12.5 Å². The van der Waals surface area contributed by atoms with E-state index >= 15 is 0 Å². The summed E-state index contributed by atoms with van der Waals surface area (Å²) < 4.78 is 10.2. The van der Waals surface area contributed by atoms with Gasteiger partial charge in [0.2, 0.25) is 6.29 Å². The van der Waals surface area contributed by atoms with Crippen molar-refractivity contribution >= 4 is 23.2 Å². The van der Waals surface area contributed by atoms with Gasteiger partial charge in [0.25, 0.3) is 0 Å². The van der Waals surface area contributed by atoms with Gasteiger partial charge in [-0.25, -0.2) is 9.97 Å². The standard InChI is InChI=1S/C9H8Cl2N2O2/c1-5-12-8(10)6(9(11)13-5)4-7-14-2-3-15-7/h2-3,7H,4H2,1H3. The molecule has 0 unspecified atom stereocenters. The number of aryl methyl sites for hydroxylation is 1. The van der Waals surface area contributed by atoms with E-state index in [2.05, 4.69) is 9.97 Å². The molecule has 2 rings (SSSR count). The fourth-order valence-electron chi connectivity index (χ4n) is 1.23. The monoisotopic (exact) mass is 246 g/mol. The normalized spacial score (nSPS) is 15.1. The highest BCUT2D eigenvalue weighted by atomic mass is 35.5. The lowest BCUT2D eigenvalue weighted by Gasteiger charge is -2.11. The second kappa shape index (κ2) is 4.24. The maximum Gasteiger partial charge on any atom is 0.243 e. The fraction of sp³-hybridized carbons (Fsp3) is 0.333. The molecule has 0 saturated carbocycles. The predicted molar refractivity (Wildman–Crippen MR) is 55.6 cm³/mol. The molecule has 2 heterocycles. The van der Waals surface area contributed by atoms with Crippen LogP contribution >= 0.6 is 23.2 Å². The zero-order valence-electron chi connectivity index (χ0n) is 7.91. The molecule has 4 nitrogen and oxygen atoms in total. The molecule has 1 aromatic heterocycles. The summed E-state index contributed by atoms with van der Waals surface area (Å²) in [5, 5.41) is 0.679. The molecule has 0 atom stereocenters. The van der Waals surface area contributed by atoms with Gasteiger partial charge in [0.05, 0.1) is 6.42 Å². The van der Waals surface area contributed by atoms with E-state index in [9.17, 15) is 0 Å². The predicted octanol–water partition coefficient (Wildman–Crippen LogP) is 2.48. The van der Waals surface area contributed by atoms with Crippen LogP contribution in [0.3, 0.4) is 0 Å². The lowest BCUT2D eigenvalue weighted by molar-refractivity contribution is -0.0210. The van der Waals surface area contributed by atoms with E-state index in [-0.39, 0.29) is 0 Å². The van der Waals surface area contributed by atoms with Crippen LogP contribution in [0.2, 0.25) is 10.3 Å². The molecule has 0 fully saturated rings. The third-order valence-electron chi connectivity index (χ3n) is 1.91.